The van der Waals surface area contributed by atoms with Crippen molar-refractivity contribution >= 4 is 11.8 Å². The summed E-state index contributed by atoms with van der Waals surface area (Å²) in [4.78, 5) is 8.62. The molecular formula is C24H20N6O2S. The largest absolute Gasteiger partial charge is 0.494 e. The van der Waals surface area contributed by atoms with Crippen molar-refractivity contribution in [1.82, 2.24) is 29.9 Å². The second-order valence-electron chi connectivity index (χ2n) is 6.97. The minimum absolute atomic E-state index is 0.464. The average molecular weight is 457 g/mol. The Balaban J connectivity index is 1.44. The number of hydrogen-bond donors (Lipinski definition) is 0. The molecule has 0 aliphatic heterocycles. The number of rotatable bonds is 8. The molecule has 3 aromatic heterocycles. The first-order valence-electron chi connectivity index (χ1n) is 10.4. The zero-order valence-electron chi connectivity index (χ0n) is 17.8. The third-order valence-corrected chi connectivity index (χ3v) is 5.72. The highest BCUT2D eigenvalue weighted by molar-refractivity contribution is 7.98. The number of benzene rings is 2. The molecule has 0 saturated carbocycles. The standard InChI is InChI=1S/C24H20N6O2S/c1-2-31-20-10-8-19(9-11-20)30-23(18-12-14-25-15-13-18)27-28-24(30)33-16-21-26-22(29-32-21)17-6-4-3-5-7-17/h3-15H,2,16H2,1H3. The molecule has 0 saturated heterocycles. The van der Waals surface area contributed by atoms with Crippen LogP contribution in [0.3, 0.4) is 0 Å². The molecule has 0 bridgehead atoms. The summed E-state index contributed by atoms with van der Waals surface area (Å²) in [5, 5.41) is 13.7. The third kappa shape index (κ3) is 4.63. The molecule has 0 amide bonds. The lowest BCUT2D eigenvalue weighted by Gasteiger charge is -2.11. The van der Waals surface area contributed by atoms with Gasteiger partial charge in [-0.3, -0.25) is 9.55 Å². The van der Waals surface area contributed by atoms with Crippen LogP contribution in [0.25, 0.3) is 28.5 Å². The van der Waals surface area contributed by atoms with Gasteiger partial charge in [-0.15, -0.1) is 10.2 Å². The molecule has 164 valence electrons. The fraction of sp³-hybridized carbons (Fsp3) is 0.125. The molecule has 0 unspecified atom stereocenters. The van der Waals surface area contributed by atoms with E-state index in [1.807, 2.05) is 78.2 Å². The summed E-state index contributed by atoms with van der Waals surface area (Å²) in [5.41, 5.74) is 2.76. The normalized spacial score (nSPS) is 10.9. The Hall–Kier alpha value is -3.98. The van der Waals surface area contributed by atoms with Gasteiger partial charge in [0.15, 0.2) is 11.0 Å². The van der Waals surface area contributed by atoms with Crippen LogP contribution in [0.1, 0.15) is 12.8 Å². The average Bonchev–Trinajstić information content (AvgIpc) is 3.52. The van der Waals surface area contributed by atoms with Crippen molar-refractivity contribution < 1.29 is 9.26 Å². The first-order valence-corrected chi connectivity index (χ1v) is 11.4. The van der Waals surface area contributed by atoms with Gasteiger partial charge in [-0.1, -0.05) is 47.3 Å². The molecule has 0 fully saturated rings. The molecule has 33 heavy (non-hydrogen) atoms. The van der Waals surface area contributed by atoms with Gasteiger partial charge in [0.2, 0.25) is 11.7 Å². The van der Waals surface area contributed by atoms with Crippen molar-refractivity contribution in [2.24, 2.45) is 0 Å². The summed E-state index contributed by atoms with van der Waals surface area (Å²) in [5.74, 6) is 3.08. The van der Waals surface area contributed by atoms with Crippen molar-refractivity contribution in [2.45, 2.75) is 17.8 Å². The molecule has 0 N–H and O–H groups in total. The molecule has 0 aliphatic carbocycles. The quantitative estimate of drug-likeness (QED) is 0.299. The van der Waals surface area contributed by atoms with Crippen molar-refractivity contribution in [3.05, 3.63) is 85.0 Å². The third-order valence-electron chi connectivity index (χ3n) is 4.80. The molecule has 0 radical (unpaired) electrons. The van der Waals surface area contributed by atoms with Crippen molar-refractivity contribution in [3.63, 3.8) is 0 Å². The molecule has 9 heteroatoms. The highest BCUT2D eigenvalue weighted by atomic mass is 32.2. The number of aromatic nitrogens is 6. The predicted octanol–water partition coefficient (Wildman–Crippen LogP) is 5.07. The number of ether oxygens (including phenoxy) is 1. The predicted molar refractivity (Wildman–Crippen MR) is 125 cm³/mol. The molecule has 0 atom stereocenters. The number of pyridine rings is 1. The smallest absolute Gasteiger partial charge is 0.237 e. The first-order chi connectivity index (χ1) is 16.3. The van der Waals surface area contributed by atoms with E-state index < -0.39 is 0 Å². The Morgan fingerprint density at radius 2 is 1.70 bits per heavy atom. The fourth-order valence-electron chi connectivity index (χ4n) is 3.29. The second kappa shape index (κ2) is 9.66. The topological polar surface area (TPSA) is 91.8 Å². The molecule has 2 aromatic carbocycles. The van der Waals surface area contributed by atoms with Gasteiger partial charge >= 0.3 is 0 Å². The maximum absolute atomic E-state index is 5.59. The van der Waals surface area contributed by atoms with Gasteiger partial charge in [-0.2, -0.15) is 4.98 Å². The summed E-state index contributed by atoms with van der Waals surface area (Å²) < 4.78 is 13.0. The fourth-order valence-corrected chi connectivity index (χ4v) is 4.08. The van der Waals surface area contributed by atoms with Crippen LogP contribution in [0, 0.1) is 0 Å². The second-order valence-corrected chi connectivity index (χ2v) is 7.91. The Bertz CT molecular complexity index is 1320. The highest BCUT2D eigenvalue weighted by Gasteiger charge is 2.18. The molecule has 0 spiro atoms. The summed E-state index contributed by atoms with van der Waals surface area (Å²) in [7, 11) is 0. The van der Waals surface area contributed by atoms with E-state index in [1.165, 1.54) is 11.8 Å². The van der Waals surface area contributed by atoms with Crippen LogP contribution >= 0.6 is 11.8 Å². The minimum Gasteiger partial charge on any atom is -0.494 e. The van der Waals surface area contributed by atoms with Gasteiger partial charge in [-0.25, -0.2) is 0 Å². The minimum atomic E-state index is 0.464. The molecule has 5 aromatic rings. The van der Waals surface area contributed by atoms with E-state index in [4.69, 9.17) is 9.26 Å². The van der Waals surface area contributed by atoms with Crippen LogP contribution in [0.4, 0.5) is 0 Å². The van der Waals surface area contributed by atoms with Gasteiger partial charge < -0.3 is 9.26 Å². The van der Waals surface area contributed by atoms with E-state index in [1.54, 1.807) is 12.4 Å². The summed E-state index contributed by atoms with van der Waals surface area (Å²) in [6, 6.07) is 21.4. The Morgan fingerprint density at radius 1 is 0.909 bits per heavy atom. The van der Waals surface area contributed by atoms with Gasteiger partial charge in [0.25, 0.3) is 0 Å². The molecular weight excluding hydrogens is 436 g/mol. The van der Waals surface area contributed by atoms with Crippen molar-refractivity contribution in [1.29, 1.82) is 0 Å². The van der Waals surface area contributed by atoms with E-state index in [-0.39, 0.29) is 0 Å². The zero-order chi connectivity index (χ0) is 22.5. The SMILES string of the molecule is CCOc1ccc(-n2c(SCc3nc(-c4ccccc4)no3)nnc2-c2ccncc2)cc1. The van der Waals surface area contributed by atoms with E-state index in [2.05, 4.69) is 25.3 Å². The Kier molecular flexibility index (Phi) is 6.12. The lowest BCUT2D eigenvalue weighted by Crippen LogP contribution is -2.00. The van der Waals surface area contributed by atoms with Crippen LogP contribution in [-0.2, 0) is 5.75 Å². The molecule has 3 heterocycles. The lowest BCUT2D eigenvalue weighted by molar-refractivity contribution is 0.340. The van der Waals surface area contributed by atoms with Gasteiger partial charge in [0, 0.05) is 29.2 Å². The van der Waals surface area contributed by atoms with Crippen molar-refractivity contribution in [3.8, 4) is 34.2 Å². The zero-order valence-corrected chi connectivity index (χ0v) is 18.6. The summed E-state index contributed by atoms with van der Waals surface area (Å²) >= 11 is 1.48. The van der Waals surface area contributed by atoms with E-state index >= 15 is 0 Å². The van der Waals surface area contributed by atoms with Crippen LogP contribution in [-0.4, -0.2) is 36.5 Å². The van der Waals surface area contributed by atoms with Crippen LogP contribution in [0.2, 0.25) is 0 Å². The maximum atomic E-state index is 5.59. The molecule has 5 rings (SSSR count). The van der Waals surface area contributed by atoms with E-state index in [0.29, 0.717) is 29.2 Å². The number of thioether (sulfide) groups is 1. The monoisotopic (exact) mass is 456 g/mol. The van der Waals surface area contributed by atoms with E-state index in [0.717, 1.165) is 28.4 Å². The Labute approximate surface area is 194 Å². The highest BCUT2D eigenvalue weighted by Crippen LogP contribution is 2.30. The summed E-state index contributed by atoms with van der Waals surface area (Å²) in [6.07, 6.45) is 3.48. The van der Waals surface area contributed by atoms with Gasteiger partial charge in [0.1, 0.15) is 5.75 Å². The maximum Gasteiger partial charge on any atom is 0.237 e. The number of nitrogens with zero attached hydrogens (tertiary/aromatic N) is 6. The molecule has 8 nitrogen and oxygen atoms in total. The number of hydrogen-bond acceptors (Lipinski definition) is 8. The van der Waals surface area contributed by atoms with Gasteiger partial charge in [-0.05, 0) is 43.3 Å². The lowest BCUT2D eigenvalue weighted by atomic mass is 10.2. The van der Waals surface area contributed by atoms with Gasteiger partial charge in [0.05, 0.1) is 12.4 Å². The van der Waals surface area contributed by atoms with Crippen LogP contribution in [0.5, 0.6) is 5.75 Å². The first kappa shape index (κ1) is 20.9. The van der Waals surface area contributed by atoms with Crippen molar-refractivity contribution in [2.75, 3.05) is 6.61 Å². The van der Waals surface area contributed by atoms with Crippen LogP contribution < -0.4 is 4.74 Å². The summed E-state index contributed by atoms with van der Waals surface area (Å²) in [6.45, 7) is 2.58. The Morgan fingerprint density at radius 3 is 2.45 bits per heavy atom. The van der Waals surface area contributed by atoms with Crippen LogP contribution in [0.15, 0.2) is 88.8 Å². The molecule has 0 aliphatic rings. The van der Waals surface area contributed by atoms with E-state index in [9.17, 15) is 0 Å².